The number of aromatic nitrogens is 5. The van der Waals surface area contributed by atoms with Crippen LogP contribution in [0.5, 0.6) is 11.6 Å². The topological polar surface area (TPSA) is 118 Å². The van der Waals surface area contributed by atoms with Crippen molar-refractivity contribution in [1.29, 1.82) is 0 Å². The van der Waals surface area contributed by atoms with Gasteiger partial charge in [-0.25, -0.2) is 21.0 Å². The van der Waals surface area contributed by atoms with Crippen molar-refractivity contribution in [3.63, 3.8) is 0 Å². The Kier molecular flexibility index (Phi) is 8.95. The first kappa shape index (κ1) is 25.4. The van der Waals surface area contributed by atoms with Crippen LogP contribution < -0.4 is 14.8 Å². The fourth-order valence-electron chi connectivity index (χ4n) is 3.14. The molecule has 0 spiro atoms. The molecule has 11 nitrogen and oxygen atoms in total. The summed E-state index contributed by atoms with van der Waals surface area (Å²) in [4.78, 5) is 20.2. The van der Waals surface area contributed by atoms with Gasteiger partial charge in [-0.2, -0.15) is 0 Å². The SMILES string of the molecule is [C-]#[N+]C[C@H](COc1ccccn1)n1nnnc1[C@@H](CCOc1ccccc1)NC(=O)OC(C)(C)C. The summed E-state index contributed by atoms with van der Waals surface area (Å²) < 4.78 is 18.5. The molecule has 0 aliphatic heterocycles. The highest BCUT2D eigenvalue weighted by Gasteiger charge is 2.29. The third kappa shape index (κ3) is 8.26. The highest BCUT2D eigenvalue weighted by molar-refractivity contribution is 5.68. The zero-order chi connectivity index (χ0) is 25.1. The van der Waals surface area contributed by atoms with Crippen molar-refractivity contribution in [2.45, 2.75) is 44.9 Å². The van der Waals surface area contributed by atoms with E-state index in [9.17, 15) is 4.79 Å². The van der Waals surface area contributed by atoms with E-state index in [-0.39, 0.29) is 19.8 Å². The molecule has 0 radical (unpaired) electrons. The predicted molar refractivity (Wildman–Crippen MR) is 127 cm³/mol. The molecule has 0 unspecified atom stereocenters. The molecule has 0 bridgehead atoms. The van der Waals surface area contributed by atoms with E-state index in [0.29, 0.717) is 23.9 Å². The van der Waals surface area contributed by atoms with Gasteiger partial charge in [0.15, 0.2) is 11.9 Å². The number of pyridine rings is 1. The van der Waals surface area contributed by atoms with Gasteiger partial charge in [-0.15, -0.1) is 5.10 Å². The van der Waals surface area contributed by atoms with Gasteiger partial charge in [0.05, 0.1) is 12.6 Å². The van der Waals surface area contributed by atoms with E-state index in [2.05, 4.69) is 30.7 Å². The van der Waals surface area contributed by atoms with E-state index >= 15 is 0 Å². The van der Waals surface area contributed by atoms with E-state index in [1.807, 2.05) is 36.4 Å². The standard InChI is InChI=1S/C24H29N7O4/c1-24(2,3)35-23(32)27-20(13-15-33-19-10-6-5-7-11-19)22-28-29-30-31(22)18(16-25-4)17-34-21-12-8-9-14-26-21/h5-12,14,18,20H,13,15-17H2,1-3H3,(H,27,32)/t18-,20-/m1/s1. The van der Waals surface area contributed by atoms with Gasteiger partial charge in [0.2, 0.25) is 12.4 Å². The van der Waals surface area contributed by atoms with Crippen molar-refractivity contribution in [1.82, 2.24) is 30.5 Å². The molecule has 0 saturated carbocycles. The zero-order valence-corrected chi connectivity index (χ0v) is 20.0. The molecule has 3 aromatic rings. The number of rotatable bonds is 11. The van der Waals surface area contributed by atoms with Crippen LogP contribution in [0.25, 0.3) is 4.85 Å². The Hall–Kier alpha value is -4.20. The van der Waals surface area contributed by atoms with Crippen LogP contribution in [-0.4, -0.2) is 56.6 Å². The number of benzene rings is 1. The molecule has 2 atom stereocenters. The molecule has 2 heterocycles. The first-order chi connectivity index (χ1) is 16.9. The van der Waals surface area contributed by atoms with E-state index < -0.39 is 23.8 Å². The summed E-state index contributed by atoms with van der Waals surface area (Å²) in [5, 5.41) is 14.9. The van der Waals surface area contributed by atoms with Crippen molar-refractivity contribution in [2.75, 3.05) is 19.8 Å². The largest absolute Gasteiger partial charge is 0.494 e. The number of tetrazole rings is 1. The first-order valence-corrected chi connectivity index (χ1v) is 11.2. The number of amides is 1. The van der Waals surface area contributed by atoms with Gasteiger partial charge < -0.3 is 24.4 Å². The summed E-state index contributed by atoms with van der Waals surface area (Å²) >= 11 is 0. The summed E-state index contributed by atoms with van der Waals surface area (Å²) in [5.41, 5.74) is -0.676. The number of alkyl carbamates (subject to hydrolysis) is 1. The molecule has 1 amide bonds. The third-order valence-corrected chi connectivity index (χ3v) is 4.65. The zero-order valence-electron chi connectivity index (χ0n) is 20.0. The van der Waals surface area contributed by atoms with Crippen molar-refractivity contribution in [3.05, 3.63) is 72.0 Å². The fraction of sp³-hybridized carbons (Fsp3) is 0.417. The van der Waals surface area contributed by atoms with Crippen LogP contribution in [0.4, 0.5) is 4.79 Å². The molecule has 0 aliphatic rings. The molecule has 1 aromatic carbocycles. The average molecular weight is 480 g/mol. The molecule has 3 rings (SSSR count). The lowest BCUT2D eigenvalue weighted by atomic mass is 10.2. The number of nitrogens with zero attached hydrogens (tertiary/aromatic N) is 6. The Bertz CT molecular complexity index is 1090. The Labute approximate surface area is 204 Å². The van der Waals surface area contributed by atoms with E-state index in [0.717, 1.165) is 0 Å². The molecular formula is C24H29N7O4. The Balaban J connectivity index is 1.78. The van der Waals surface area contributed by atoms with E-state index in [4.69, 9.17) is 20.8 Å². The third-order valence-electron chi connectivity index (χ3n) is 4.65. The summed E-state index contributed by atoms with van der Waals surface area (Å²) in [5.74, 6) is 1.50. The van der Waals surface area contributed by atoms with E-state index in [1.165, 1.54) is 4.68 Å². The minimum atomic E-state index is -0.676. The Morgan fingerprint density at radius 2 is 1.91 bits per heavy atom. The molecule has 0 fully saturated rings. The van der Waals surface area contributed by atoms with Crippen LogP contribution in [0.2, 0.25) is 0 Å². The van der Waals surface area contributed by atoms with Crippen LogP contribution in [0.1, 0.15) is 45.1 Å². The first-order valence-electron chi connectivity index (χ1n) is 11.2. The summed E-state index contributed by atoms with van der Waals surface area (Å²) in [6.07, 6.45) is 1.37. The Morgan fingerprint density at radius 3 is 2.60 bits per heavy atom. The summed E-state index contributed by atoms with van der Waals surface area (Å²) in [6.45, 7) is 13.2. The predicted octanol–water partition coefficient (Wildman–Crippen LogP) is 3.64. The Morgan fingerprint density at radius 1 is 1.14 bits per heavy atom. The van der Waals surface area contributed by atoms with Crippen molar-refractivity contribution in [3.8, 4) is 11.6 Å². The smallest absolute Gasteiger partial charge is 0.408 e. The molecule has 0 saturated heterocycles. The monoisotopic (exact) mass is 479 g/mol. The summed E-state index contributed by atoms with van der Waals surface area (Å²) in [6, 6.07) is 13.5. The van der Waals surface area contributed by atoms with Gasteiger partial charge in [-0.1, -0.05) is 24.3 Å². The number of carbonyl (C=O) groups is 1. The lowest BCUT2D eigenvalue weighted by Gasteiger charge is -2.24. The summed E-state index contributed by atoms with van der Waals surface area (Å²) in [7, 11) is 0. The molecule has 35 heavy (non-hydrogen) atoms. The van der Waals surface area contributed by atoms with Gasteiger partial charge >= 0.3 is 6.09 Å². The fourth-order valence-corrected chi connectivity index (χ4v) is 3.14. The molecular weight excluding hydrogens is 450 g/mol. The van der Waals surface area contributed by atoms with Gasteiger partial charge in [-0.05, 0) is 49.4 Å². The second-order valence-corrected chi connectivity index (χ2v) is 8.60. The second kappa shape index (κ2) is 12.3. The minimum absolute atomic E-state index is 0.0740. The maximum absolute atomic E-state index is 12.6. The number of nitrogens with one attached hydrogen (secondary N) is 1. The van der Waals surface area contributed by atoms with Crippen molar-refractivity contribution < 1.29 is 19.0 Å². The van der Waals surface area contributed by atoms with Crippen LogP contribution in [0, 0.1) is 6.57 Å². The number of hydrogen-bond acceptors (Lipinski definition) is 8. The lowest BCUT2D eigenvalue weighted by Crippen LogP contribution is -2.37. The number of ether oxygens (including phenoxy) is 3. The second-order valence-electron chi connectivity index (χ2n) is 8.60. The van der Waals surface area contributed by atoms with Crippen molar-refractivity contribution >= 4 is 6.09 Å². The number of carbonyl (C=O) groups excluding carboxylic acids is 1. The van der Waals surface area contributed by atoms with Crippen LogP contribution in [-0.2, 0) is 4.74 Å². The lowest BCUT2D eigenvalue weighted by molar-refractivity contribution is 0.0492. The maximum Gasteiger partial charge on any atom is 0.408 e. The highest BCUT2D eigenvalue weighted by atomic mass is 16.6. The molecule has 2 aromatic heterocycles. The molecule has 184 valence electrons. The molecule has 1 N–H and O–H groups in total. The van der Waals surface area contributed by atoms with Crippen LogP contribution in [0.15, 0.2) is 54.7 Å². The van der Waals surface area contributed by atoms with Crippen molar-refractivity contribution in [2.24, 2.45) is 0 Å². The number of hydrogen-bond donors (Lipinski definition) is 1. The van der Waals surface area contributed by atoms with Crippen LogP contribution >= 0.6 is 0 Å². The number of para-hydroxylation sites is 1. The van der Waals surface area contributed by atoms with Gasteiger partial charge in [0.1, 0.15) is 18.0 Å². The maximum atomic E-state index is 12.6. The quantitative estimate of drug-likeness (QED) is 0.414. The molecule has 11 heteroatoms. The molecule has 0 aliphatic carbocycles. The van der Waals surface area contributed by atoms with Crippen LogP contribution in [0.3, 0.4) is 0 Å². The highest BCUT2D eigenvalue weighted by Crippen LogP contribution is 2.21. The van der Waals surface area contributed by atoms with Gasteiger partial charge in [0, 0.05) is 18.7 Å². The van der Waals surface area contributed by atoms with Gasteiger partial charge in [-0.3, -0.25) is 0 Å². The average Bonchev–Trinajstić information content (AvgIpc) is 3.31. The minimum Gasteiger partial charge on any atom is -0.494 e. The van der Waals surface area contributed by atoms with E-state index in [1.54, 1.807) is 39.1 Å². The van der Waals surface area contributed by atoms with Gasteiger partial charge in [0.25, 0.3) is 0 Å². The normalized spacial score (nSPS) is 12.7.